The predicted molar refractivity (Wildman–Crippen MR) is 74.1 cm³/mol. The summed E-state index contributed by atoms with van der Waals surface area (Å²) in [6, 6.07) is 12.1. The second-order valence-corrected chi connectivity index (χ2v) is 4.48. The van der Waals surface area contributed by atoms with E-state index in [2.05, 4.69) is 4.98 Å². The van der Waals surface area contributed by atoms with Gasteiger partial charge in [0.2, 0.25) is 0 Å². The molecule has 18 heavy (non-hydrogen) atoms. The SMILES string of the molecule is Cc1cc([C@@H](C)O)cnc1N(C)c1ccccc1. The zero-order valence-electron chi connectivity index (χ0n) is 11.0. The molecule has 0 radical (unpaired) electrons. The minimum absolute atomic E-state index is 0.479. The van der Waals surface area contributed by atoms with Crippen molar-refractivity contribution in [3.05, 3.63) is 53.7 Å². The Morgan fingerprint density at radius 1 is 1.22 bits per heavy atom. The Kier molecular flexibility index (Phi) is 3.63. The molecule has 0 bridgehead atoms. The van der Waals surface area contributed by atoms with Gasteiger partial charge in [0.1, 0.15) is 5.82 Å². The zero-order chi connectivity index (χ0) is 13.1. The maximum absolute atomic E-state index is 9.54. The standard InChI is InChI=1S/C15H18N2O/c1-11-9-13(12(2)18)10-16-15(11)17(3)14-7-5-4-6-8-14/h4-10,12,18H,1-3H3/t12-/m1/s1. The van der Waals surface area contributed by atoms with Gasteiger partial charge in [-0.15, -0.1) is 0 Å². The number of aryl methyl sites for hydroxylation is 1. The number of para-hydroxylation sites is 1. The average Bonchev–Trinajstić information content (AvgIpc) is 2.38. The fourth-order valence-corrected chi connectivity index (χ4v) is 1.94. The topological polar surface area (TPSA) is 36.4 Å². The van der Waals surface area contributed by atoms with E-state index >= 15 is 0 Å². The number of benzene rings is 1. The van der Waals surface area contributed by atoms with E-state index in [1.165, 1.54) is 0 Å². The van der Waals surface area contributed by atoms with E-state index in [0.29, 0.717) is 0 Å². The van der Waals surface area contributed by atoms with Crippen molar-refractivity contribution in [3.8, 4) is 0 Å². The monoisotopic (exact) mass is 242 g/mol. The molecule has 3 heteroatoms. The Bertz CT molecular complexity index is 523. The molecule has 0 saturated carbocycles. The van der Waals surface area contributed by atoms with Crippen LogP contribution in [0.2, 0.25) is 0 Å². The summed E-state index contributed by atoms with van der Waals surface area (Å²) >= 11 is 0. The average molecular weight is 242 g/mol. The number of nitrogens with zero attached hydrogens (tertiary/aromatic N) is 2. The molecule has 0 spiro atoms. The first-order valence-corrected chi connectivity index (χ1v) is 6.03. The molecule has 1 atom stereocenters. The van der Waals surface area contributed by atoms with E-state index in [4.69, 9.17) is 0 Å². The summed E-state index contributed by atoms with van der Waals surface area (Å²) in [7, 11) is 1.99. The lowest BCUT2D eigenvalue weighted by Crippen LogP contribution is -2.13. The minimum Gasteiger partial charge on any atom is -0.389 e. The normalized spacial score (nSPS) is 12.2. The van der Waals surface area contributed by atoms with Gasteiger partial charge in [0.15, 0.2) is 0 Å². The number of rotatable bonds is 3. The molecule has 0 aliphatic rings. The number of aromatic nitrogens is 1. The van der Waals surface area contributed by atoms with Crippen molar-refractivity contribution >= 4 is 11.5 Å². The smallest absolute Gasteiger partial charge is 0.135 e. The van der Waals surface area contributed by atoms with E-state index < -0.39 is 6.10 Å². The van der Waals surface area contributed by atoms with Crippen LogP contribution in [0, 0.1) is 6.92 Å². The molecule has 1 N–H and O–H groups in total. The molecule has 0 aliphatic heterocycles. The highest BCUT2D eigenvalue weighted by Crippen LogP contribution is 2.26. The molecule has 2 rings (SSSR count). The van der Waals surface area contributed by atoms with E-state index in [1.54, 1.807) is 13.1 Å². The number of aliphatic hydroxyl groups excluding tert-OH is 1. The van der Waals surface area contributed by atoms with E-state index in [-0.39, 0.29) is 0 Å². The van der Waals surface area contributed by atoms with Crippen molar-refractivity contribution in [2.24, 2.45) is 0 Å². The molecule has 0 amide bonds. The van der Waals surface area contributed by atoms with Crippen molar-refractivity contribution in [1.29, 1.82) is 0 Å². The van der Waals surface area contributed by atoms with Crippen LogP contribution < -0.4 is 4.90 Å². The van der Waals surface area contributed by atoms with Gasteiger partial charge in [-0.3, -0.25) is 0 Å². The largest absolute Gasteiger partial charge is 0.389 e. The lowest BCUT2D eigenvalue weighted by Gasteiger charge is -2.21. The first kappa shape index (κ1) is 12.6. The van der Waals surface area contributed by atoms with Crippen molar-refractivity contribution in [2.45, 2.75) is 20.0 Å². The van der Waals surface area contributed by atoms with Gasteiger partial charge in [0, 0.05) is 18.9 Å². The first-order valence-electron chi connectivity index (χ1n) is 6.03. The Labute approximate surface area is 108 Å². The van der Waals surface area contributed by atoms with E-state index in [9.17, 15) is 5.11 Å². The highest BCUT2D eigenvalue weighted by Gasteiger charge is 2.10. The Morgan fingerprint density at radius 2 is 1.89 bits per heavy atom. The molecule has 0 saturated heterocycles. The number of hydrogen-bond donors (Lipinski definition) is 1. The van der Waals surface area contributed by atoms with Crippen LogP contribution in [0.15, 0.2) is 42.6 Å². The lowest BCUT2D eigenvalue weighted by atomic mass is 10.1. The maximum atomic E-state index is 9.54. The predicted octanol–water partition coefficient (Wildman–Crippen LogP) is 3.21. The zero-order valence-corrected chi connectivity index (χ0v) is 11.0. The maximum Gasteiger partial charge on any atom is 0.135 e. The molecule has 1 aromatic carbocycles. The second kappa shape index (κ2) is 5.19. The van der Waals surface area contributed by atoms with Crippen LogP contribution in [0.1, 0.15) is 24.2 Å². The minimum atomic E-state index is -0.479. The van der Waals surface area contributed by atoms with Crippen molar-refractivity contribution in [2.75, 3.05) is 11.9 Å². The van der Waals surface area contributed by atoms with Crippen LogP contribution in [0.5, 0.6) is 0 Å². The summed E-state index contributed by atoms with van der Waals surface area (Å²) in [5, 5.41) is 9.54. The fourth-order valence-electron chi connectivity index (χ4n) is 1.94. The van der Waals surface area contributed by atoms with Gasteiger partial charge in [-0.05, 0) is 43.2 Å². The van der Waals surface area contributed by atoms with Crippen LogP contribution >= 0.6 is 0 Å². The van der Waals surface area contributed by atoms with Gasteiger partial charge in [0.05, 0.1) is 6.10 Å². The van der Waals surface area contributed by atoms with E-state index in [1.807, 2.05) is 55.3 Å². The summed E-state index contributed by atoms with van der Waals surface area (Å²) < 4.78 is 0. The summed E-state index contributed by atoms with van der Waals surface area (Å²) in [5.41, 5.74) is 3.00. The molecular formula is C15H18N2O. The highest BCUT2D eigenvalue weighted by molar-refractivity contribution is 5.61. The van der Waals surface area contributed by atoms with Crippen LogP contribution in [0.4, 0.5) is 11.5 Å². The van der Waals surface area contributed by atoms with E-state index in [0.717, 1.165) is 22.6 Å². The van der Waals surface area contributed by atoms with Crippen LogP contribution in [-0.2, 0) is 0 Å². The van der Waals surface area contributed by atoms with Crippen molar-refractivity contribution in [1.82, 2.24) is 4.98 Å². The van der Waals surface area contributed by atoms with Gasteiger partial charge >= 0.3 is 0 Å². The van der Waals surface area contributed by atoms with Crippen LogP contribution in [-0.4, -0.2) is 17.1 Å². The molecule has 0 aliphatic carbocycles. The molecule has 94 valence electrons. The molecule has 1 heterocycles. The summed E-state index contributed by atoms with van der Waals surface area (Å²) in [6.45, 7) is 3.75. The molecule has 0 unspecified atom stereocenters. The first-order chi connectivity index (χ1) is 8.59. The fraction of sp³-hybridized carbons (Fsp3) is 0.267. The Hall–Kier alpha value is -1.87. The van der Waals surface area contributed by atoms with Gasteiger partial charge in [-0.2, -0.15) is 0 Å². The molecular weight excluding hydrogens is 224 g/mol. The van der Waals surface area contributed by atoms with Gasteiger partial charge < -0.3 is 10.0 Å². The Balaban J connectivity index is 2.34. The second-order valence-electron chi connectivity index (χ2n) is 4.48. The quantitative estimate of drug-likeness (QED) is 0.897. The lowest BCUT2D eigenvalue weighted by molar-refractivity contribution is 0.199. The third-order valence-corrected chi connectivity index (χ3v) is 3.02. The molecule has 2 aromatic rings. The van der Waals surface area contributed by atoms with Gasteiger partial charge in [-0.1, -0.05) is 18.2 Å². The number of hydrogen-bond acceptors (Lipinski definition) is 3. The third kappa shape index (κ3) is 2.51. The Morgan fingerprint density at radius 3 is 2.44 bits per heavy atom. The highest BCUT2D eigenvalue weighted by atomic mass is 16.3. The van der Waals surface area contributed by atoms with Crippen LogP contribution in [0.3, 0.4) is 0 Å². The molecule has 1 aromatic heterocycles. The summed E-state index contributed by atoms with van der Waals surface area (Å²) in [4.78, 5) is 6.48. The summed E-state index contributed by atoms with van der Waals surface area (Å²) in [5.74, 6) is 0.908. The van der Waals surface area contributed by atoms with Gasteiger partial charge in [0.25, 0.3) is 0 Å². The number of aliphatic hydroxyl groups is 1. The van der Waals surface area contributed by atoms with Crippen LogP contribution in [0.25, 0.3) is 0 Å². The van der Waals surface area contributed by atoms with Crippen molar-refractivity contribution < 1.29 is 5.11 Å². The van der Waals surface area contributed by atoms with Crippen molar-refractivity contribution in [3.63, 3.8) is 0 Å². The third-order valence-electron chi connectivity index (χ3n) is 3.02. The van der Waals surface area contributed by atoms with Gasteiger partial charge in [-0.25, -0.2) is 4.98 Å². The molecule has 0 fully saturated rings. The summed E-state index contributed by atoms with van der Waals surface area (Å²) in [6.07, 6.45) is 1.25. The molecule has 3 nitrogen and oxygen atoms in total. The number of pyridine rings is 1. The number of anilines is 2.